The highest BCUT2D eigenvalue weighted by molar-refractivity contribution is 6.32. The van der Waals surface area contributed by atoms with Gasteiger partial charge in [-0.3, -0.25) is 9.89 Å². The number of halogens is 1. The summed E-state index contributed by atoms with van der Waals surface area (Å²) in [5.41, 5.74) is 3.19. The molecule has 2 aromatic carbocycles. The smallest absolute Gasteiger partial charge is 0.255 e. The van der Waals surface area contributed by atoms with Gasteiger partial charge in [-0.1, -0.05) is 41.9 Å². The Bertz CT molecular complexity index is 893. The molecule has 1 aromatic heterocycles. The van der Waals surface area contributed by atoms with Crippen LogP contribution in [0.25, 0.3) is 11.3 Å². The minimum absolute atomic E-state index is 0.156. The van der Waals surface area contributed by atoms with Crippen LogP contribution in [0, 0.1) is 0 Å². The molecular weight excluding hydrogens is 362 g/mol. The van der Waals surface area contributed by atoms with Crippen molar-refractivity contribution < 1.29 is 9.53 Å². The maximum Gasteiger partial charge on any atom is 0.255 e. The lowest BCUT2D eigenvalue weighted by atomic mass is 10.1. The van der Waals surface area contributed by atoms with Gasteiger partial charge in [-0.15, -0.1) is 0 Å². The number of carbonyl (C=O) groups is 1. The summed E-state index contributed by atoms with van der Waals surface area (Å²) >= 11 is 6.26. The second kappa shape index (κ2) is 9.24. The molecule has 0 aliphatic rings. The number of aromatic amines is 1. The first-order valence-electron chi connectivity index (χ1n) is 8.97. The zero-order valence-electron chi connectivity index (χ0n) is 15.2. The van der Waals surface area contributed by atoms with Gasteiger partial charge in [0.2, 0.25) is 0 Å². The van der Waals surface area contributed by atoms with Crippen molar-refractivity contribution in [2.75, 3.05) is 13.2 Å². The number of nitrogens with zero attached hydrogens (tertiary/aromatic N) is 1. The molecule has 6 heteroatoms. The Morgan fingerprint density at radius 3 is 2.78 bits per heavy atom. The first-order chi connectivity index (χ1) is 13.2. The minimum Gasteiger partial charge on any atom is -0.492 e. The lowest BCUT2D eigenvalue weighted by molar-refractivity contribution is 0.0954. The van der Waals surface area contributed by atoms with Crippen molar-refractivity contribution >= 4 is 17.5 Å². The molecule has 0 unspecified atom stereocenters. The highest BCUT2D eigenvalue weighted by Gasteiger charge is 2.16. The largest absolute Gasteiger partial charge is 0.492 e. The van der Waals surface area contributed by atoms with Gasteiger partial charge in [0, 0.05) is 12.1 Å². The van der Waals surface area contributed by atoms with E-state index in [4.69, 9.17) is 16.3 Å². The van der Waals surface area contributed by atoms with Gasteiger partial charge < -0.3 is 10.1 Å². The summed E-state index contributed by atoms with van der Waals surface area (Å²) in [4.78, 5) is 12.5. The molecule has 0 spiro atoms. The molecule has 27 heavy (non-hydrogen) atoms. The number of aromatic nitrogens is 2. The summed E-state index contributed by atoms with van der Waals surface area (Å²) in [5, 5.41) is 10.4. The van der Waals surface area contributed by atoms with E-state index in [2.05, 4.69) is 27.6 Å². The lowest BCUT2D eigenvalue weighted by Gasteiger charge is -2.09. The molecule has 0 fully saturated rings. The van der Waals surface area contributed by atoms with Crippen molar-refractivity contribution in [3.05, 3.63) is 70.9 Å². The molecule has 0 aliphatic heterocycles. The molecule has 0 radical (unpaired) electrons. The fourth-order valence-corrected chi connectivity index (χ4v) is 3.08. The number of carbonyl (C=O) groups excluding carboxylic acids is 1. The summed E-state index contributed by atoms with van der Waals surface area (Å²) in [6.45, 7) is 3.04. The third kappa shape index (κ3) is 4.89. The van der Waals surface area contributed by atoms with E-state index in [-0.39, 0.29) is 5.91 Å². The number of aryl methyl sites for hydroxylation is 1. The van der Waals surface area contributed by atoms with Gasteiger partial charge in [0.25, 0.3) is 5.91 Å². The minimum atomic E-state index is -0.156. The van der Waals surface area contributed by atoms with E-state index in [9.17, 15) is 4.79 Å². The summed E-state index contributed by atoms with van der Waals surface area (Å²) in [6, 6.07) is 15.6. The van der Waals surface area contributed by atoms with Crippen LogP contribution in [0.5, 0.6) is 5.75 Å². The molecule has 0 saturated carbocycles. The maximum atomic E-state index is 12.5. The van der Waals surface area contributed by atoms with Crippen LogP contribution in [-0.2, 0) is 6.42 Å². The summed E-state index contributed by atoms with van der Waals surface area (Å²) in [6.07, 6.45) is 3.33. The Morgan fingerprint density at radius 2 is 2.04 bits per heavy atom. The Kier molecular flexibility index (Phi) is 6.49. The Labute approximate surface area is 163 Å². The van der Waals surface area contributed by atoms with Crippen LogP contribution in [-0.4, -0.2) is 29.3 Å². The van der Waals surface area contributed by atoms with E-state index >= 15 is 0 Å². The third-order valence-electron chi connectivity index (χ3n) is 4.17. The van der Waals surface area contributed by atoms with Gasteiger partial charge in [-0.25, -0.2) is 0 Å². The number of H-pyrrole nitrogens is 1. The molecule has 140 valence electrons. The average Bonchev–Trinajstić information content (AvgIpc) is 3.17. The molecule has 5 nitrogen and oxygen atoms in total. The third-order valence-corrected chi connectivity index (χ3v) is 4.47. The van der Waals surface area contributed by atoms with Crippen molar-refractivity contribution in [2.24, 2.45) is 0 Å². The summed E-state index contributed by atoms with van der Waals surface area (Å²) in [5.74, 6) is 0.464. The quantitative estimate of drug-likeness (QED) is 0.563. The average molecular weight is 384 g/mol. The molecule has 0 bridgehead atoms. The van der Waals surface area contributed by atoms with Crippen molar-refractivity contribution in [1.82, 2.24) is 15.5 Å². The second-order valence-corrected chi connectivity index (χ2v) is 6.49. The molecular formula is C21H22ClN3O2. The van der Waals surface area contributed by atoms with Crippen molar-refractivity contribution in [1.29, 1.82) is 0 Å². The molecule has 0 atom stereocenters. The molecule has 2 N–H and O–H groups in total. The van der Waals surface area contributed by atoms with Gasteiger partial charge in [-0.2, -0.15) is 5.10 Å². The summed E-state index contributed by atoms with van der Waals surface area (Å²) in [7, 11) is 0. The van der Waals surface area contributed by atoms with Crippen LogP contribution in [0.3, 0.4) is 0 Å². The molecule has 1 heterocycles. The normalized spacial score (nSPS) is 10.6. The first kappa shape index (κ1) is 19.0. The topological polar surface area (TPSA) is 67.0 Å². The van der Waals surface area contributed by atoms with Crippen LogP contribution in [0.1, 0.15) is 29.3 Å². The Balaban J connectivity index is 1.62. The van der Waals surface area contributed by atoms with Gasteiger partial charge >= 0.3 is 0 Å². The second-order valence-electron chi connectivity index (χ2n) is 6.08. The predicted molar refractivity (Wildman–Crippen MR) is 107 cm³/mol. The Hall–Kier alpha value is -2.79. The lowest BCUT2D eigenvalue weighted by Crippen LogP contribution is -2.25. The number of rotatable bonds is 8. The molecule has 3 rings (SSSR count). The SMILES string of the molecule is CCOc1ccc(-c2[nH]ncc2C(=O)NCCCc2ccccc2)cc1Cl. The fourth-order valence-electron chi connectivity index (χ4n) is 2.84. The maximum absolute atomic E-state index is 12.5. The molecule has 3 aromatic rings. The molecule has 0 saturated heterocycles. The molecule has 1 amide bonds. The van der Waals surface area contributed by atoms with Crippen LogP contribution in [0.15, 0.2) is 54.7 Å². The van der Waals surface area contributed by atoms with E-state index in [1.807, 2.05) is 31.2 Å². The number of hydrogen-bond acceptors (Lipinski definition) is 3. The van der Waals surface area contributed by atoms with Crippen molar-refractivity contribution in [3.8, 4) is 17.0 Å². The standard InChI is InChI=1S/C21H22ClN3O2/c1-2-27-19-11-10-16(13-18(19)22)20-17(14-24-25-20)21(26)23-12-6-9-15-7-4-3-5-8-15/h3-5,7-8,10-11,13-14H,2,6,9,12H2,1H3,(H,23,26)(H,24,25). The van der Waals surface area contributed by atoms with E-state index < -0.39 is 0 Å². The van der Waals surface area contributed by atoms with Crippen LogP contribution >= 0.6 is 11.6 Å². The number of amides is 1. The van der Waals surface area contributed by atoms with Gasteiger partial charge in [0.05, 0.1) is 29.1 Å². The fraction of sp³-hybridized carbons (Fsp3) is 0.238. The van der Waals surface area contributed by atoms with Crippen molar-refractivity contribution in [3.63, 3.8) is 0 Å². The van der Waals surface area contributed by atoms with E-state index in [1.54, 1.807) is 12.1 Å². The zero-order chi connectivity index (χ0) is 19.1. The highest BCUT2D eigenvalue weighted by atomic mass is 35.5. The Morgan fingerprint density at radius 1 is 1.22 bits per heavy atom. The summed E-state index contributed by atoms with van der Waals surface area (Å²) < 4.78 is 5.45. The van der Waals surface area contributed by atoms with Gasteiger partial charge in [-0.05, 0) is 43.5 Å². The predicted octanol–water partition coefficient (Wildman–Crippen LogP) is 4.49. The van der Waals surface area contributed by atoms with Crippen LogP contribution in [0.2, 0.25) is 5.02 Å². The van der Waals surface area contributed by atoms with Crippen LogP contribution < -0.4 is 10.1 Å². The number of hydrogen-bond donors (Lipinski definition) is 2. The first-order valence-corrected chi connectivity index (χ1v) is 9.35. The van der Waals surface area contributed by atoms with Gasteiger partial charge in [0.15, 0.2) is 0 Å². The van der Waals surface area contributed by atoms with E-state index in [0.29, 0.717) is 35.2 Å². The number of ether oxygens (including phenoxy) is 1. The number of nitrogens with one attached hydrogen (secondary N) is 2. The number of benzene rings is 2. The molecule has 0 aliphatic carbocycles. The monoisotopic (exact) mass is 383 g/mol. The van der Waals surface area contributed by atoms with E-state index in [1.165, 1.54) is 11.8 Å². The zero-order valence-corrected chi connectivity index (χ0v) is 15.9. The van der Waals surface area contributed by atoms with E-state index in [0.717, 1.165) is 18.4 Å². The van der Waals surface area contributed by atoms with Gasteiger partial charge in [0.1, 0.15) is 5.75 Å². The highest BCUT2D eigenvalue weighted by Crippen LogP contribution is 2.31. The van der Waals surface area contributed by atoms with Crippen LogP contribution in [0.4, 0.5) is 0 Å². The van der Waals surface area contributed by atoms with Crippen molar-refractivity contribution in [2.45, 2.75) is 19.8 Å².